The number of rotatable bonds is 6. The van der Waals surface area contributed by atoms with Gasteiger partial charge in [0.25, 0.3) is 0 Å². The van der Waals surface area contributed by atoms with Crippen molar-refractivity contribution in [3.63, 3.8) is 0 Å². The van der Waals surface area contributed by atoms with Gasteiger partial charge in [-0.15, -0.1) is 0 Å². The van der Waals surface area contributed by atoms with Crippen LogP contribution in [0, 0.1) is 5.41 Å². The van der Waals surface area contributed by atoms with Crippen LogP contribution in [0.1, 0.15) is 26.7 Å². The van der Waals surface area contributed by atoms with E-state index in [-0.39, 0.29) is 0 Å². The molecule has 0 aromatic carbocycles. The molecule has 0 aliphatic rings. The summed E-state index contributed by atoms with van der Waals surface area (Å²) in [6.45, 7) is 3.53. The maximum Gasteiger partial charge on any atom is 0.309 e. The normalized spacial score (nSPS) is 11.7. The molecule has 0 atom stereocenters. The first-order chi connectivity index (χ1) is 7.43. The molecule has 1 heterocycles. The molecule has 0 saturated heterocycles. The average molecular weight is 242 g/mol. The molecule has 0 spiro atoms. The van der Waals surface area contributed by atoms with Crippen molar-refractivity contribution in [2.75, 3.05) is 5.75 Å². The lowest BCUT2D eigenvalue weighted by Gasteiger charge is -2.18. The SMILES string of the molecule is Cn1ccnc1SCCCC(C)(C)C(=O)O. The van der Waals surface area contributed by atoms with E-state index in [0.29, 0.717) is 6.42 Å². The second-order valence-corrected chi connectivity index (χ2v) is 5.52. The number of thioether (sulfide) groups is 1. The molecular weight excluding hydrogens is 224 g/mol. The second kappa shape index (κ2) is 5.39. The fraction of sp³-hybridized carbons (Fsp3) is 0.636. The summed E-state index contributed by atoms with van der Waals surface area (Å²) < 4.78 is 1.97. The van der Waals surface area contributed by atoms with E-state index in [1.54, 1.807) is 31.8 Å². The Labute approximate surface area is 100 Å². The van der Waals surface area contributed by atoms with Gasteiger partial charge in [0.2, 0.25) is 0 Å². The zero-order valence-electron chi connectivity index (χ0n) is 9.93. The average Bonchev–Trinajstić information content (AvgIpc) is 2.59. The third-order valence-corrected chi connectivity index (χ3v) is 3.68. The van der Waals surface area contributed by atoms with Crippen molar-refractivity contribution in [2.45, 2.75) is 31.8 Å². The Morgan fingerprint density at radius 3 is 2.81 bits per heavy atom. The minimum atomic E-state index is -0.727. The van der Waals surface area contributed by atoms with Crippen molar-refractivity contribution >= 4 is 17.7 Å². The molecule has 0 saturated carbocycles. The Morgan fingerprint density at radius 2 is 2.31 bits per heavy atom. The summed E-state index contributed by atoms with van der Waals surface area (Å²) in [5.74, 6) is 0.177. The van der Waals surface area contributed by atoms with Gasteiger partial charge in [0.1, 0.15) is 0 Å². The zero-order valence-corrected chi connectivity index (χ0v) is 10.8. The second-order valence-electron chi connectivity index (χ2n) is 4.46. The van der Waals surface area contributed by atoms with Gasteiger partial charge in [0.05, 0.1) is 5.41 Å². The van der Waals surface area contributed by atoms with Crippen molar-refractivity contribution in [1.82, 2.24) is 9.55 Å². The largest absolute Gasteiger partial charge is 0.481 e. The quantitative estimate of drug-likeness (QED) is 0.615. The number of hydrogen-bond acceptors (Lipinski definition) is 3. The maximum absolute atomic E-state index is 10.9. The highest BCUT2D eigenvalue weighted by atomic mass is 32.2. The number of aromatic nitrogens is 2. The van der Waals surface area contributed by atoms with Crippen LogP contribution >= 0.6 is 11.8 Å². The third kappa shape index (κ3) is 3.56. The van der Waals surface area contributed by atoms with Crippen LogP contribution in [0.4, 0.5) is 0 Å². The van der Waals surface area contributed by atoms with Crippen LogP contribution < -0.4 is 0 Å². The molecule has 90 valence electrons. The Kier molecular flexibility index (Phi) is 4.41. The molecule has 0 radical (unpaired) electrons. The highest BCUT2D eigenvalue weighted by Crippen LogP contribution is 2.25. The zero-order chi connectivity index (χ0) is 12.2. The molecule has 0 fully saturated rings. The van der Waals surface area contributed by atoms with Gasteiger partial charge >= 0.3 is 5.97 Å². The Balaban J connectivity index is 2.27. The van der Waals surface area contributed by atoms with Crippen LogP contribution in [-0.2, 0) is 11.8 Å². The van der Waals surface area contributed by atoms with Gasteiger partial charge in [0, 0.05) is 25.2 Å². The minimum Gasteiger partial charge on any atom is -0.481 e. The first kappa shape index (κ1) is 13.1. The summed E-state index contributed by atoms with van der Waals surface area (Å²) in [6, 6.07) is 0. The fourth-order valence-electron chi connectivity index (χ4n) is 1.28. The molecule has 1 rings (SSSR count). The van der Waals surface area contributed by atoms with Crippen LogP contribution in [-0.4, -0.2) is 26.4 Å². The molecular formula is C11H18N2O2S. The number of nitrogens with zero attached hydrogens (tertiary/aromatic N) is 2. The highest BCUT2D eigenvalue weighted by molar-refractivity contribution is 7.99. The molecule has 4 nitrogen and oxygen atoms in total. The summed E-state index contributed by atoms with van der Waals surface area (Å²) in [4.78, 5) is 15.1. The molecule has 1 aromatic rings. The highest BCUT2D eigenvalue weighted by Gasteiger charge is 2.26. The number of aliphatic carboxylic acids is 1. The summed E-state index contributed by atoms with van der Waals surface area (Å²) in [7, 11) is 1.95. The van der Waals surface area contributed by atoms with Gasteiger partial charge in [-0.2, -0.15) is 0 Å². The monoisotopic (exact) mass is 242 g/mol. The number of imidazole rings is 1. The first-order valence-corrected chi connectivity index (χ1v) is 6.25. The number of carboxylic acids is 1. The molecule has 0 aliphatic carbocycles. The van der Waals surface area contributed by atoms with Gasteiger partial charge in [0.15, 0.2) is 5.16 Å². The molecule has 5 heteroatoms. The summed E-state index contributed by atoms with van der Waals surface area (Å²) in [5, 5.41) is 9.93. The number of carbonyl (C=O) groups is 1. The van der Waals surface area contributed by atoms with E-state index in [1.807, 2.05) is 17.8 Å². The third-order valence-electron chi connectivity index (χ3n) is 2.53. The van der Waals surface area contributed by atoms with Gasteiger partial charge in [-0.25, -0.2) is 4.98 Å². The van der Waals surface area contributed by atoms with E-state index in [4.69, 9.17) is 5.11 Å². The number of hydrogen-bond donors (Lipinski definition) is 1. The Morgan fingerprint density at radius 1 is 1.62 bits per heavy atom. The molecule has 0 aliphatic heterocycles. The van der Waals surface area contributed by atoms with Crippen LogP contribution in [0.25, 0.3) is 0 Å². The van der Waals surface area contributed by atoms with Crippen LogP contribution in [0.15, 0.2) is 17.6 Å². The van der Waals surface area contributed by atoms with Crippen LogP contribution in [0.2, 0.25) is 0 Å². The first-order valence-electron chi connectivity index (χ1n) is 5.27. The molecule has 1 N–H and O–H groups in total. The summed E-state index contributed by atoms with van der Waals surface area (Å²) in [5.41, 5.74) is -0.623. The van der Waals surface area contributed by atoms with E-state index in [1.165, 1.54) is 0 Å². The molecule has 1 aromatic heterocycles. The Hall–Kier alpha value is -0.970. The van der Waals surface area contributed by atoms with Crippen molar-refractivity contribution in [1.29, 1.82) is 0 Å². The van der Waals surface area contributed by atoms with Gasteiger partial charge in [-0.3, -0.25) is 4.79 Å². The van der Waals surface area contributed by atoms with Crippen LogP contribution in [0.5, 0.6) is 0 Å². The lowest BCUT2D eigenvalue weighted by Crippen LogP contribution is -2.23. The topological polar surface area (TPSA) is 55.1 Å². The van der Waals surface area contributed by atoms with Crippen LogP contribution in [0.3, 0.4) is 0 Å². The number of carboxylic acid groups (broad SMARTS) is 1. The lowest BCUT2D eigenvalue weighted by atomic mass is 9.88. The molecule has 0 bridgehead atoms. The predicted octanol–water partition coefficient (Wildman–Crippen LogP) is 2.40. The maximum atomic E-state index is 10.9. The minimum absolute atomic E-state index is 0.623. The predicted molar refractivity (Wildman–Crippen MR) is 64.6 cm³/mol. The van der Waals surface area contributed by atoms with Gasteiger partial charge in [-0.05, 0) is 26.7 Å². The summed E-state index contributed by atoms with van der Waals surface area (Å²) in [6.07, 6.45) is 5.25. The molecule has 0 unspecified atom stereocenters. The van der Waals surface area contributed by atoms with Gasteiger partial charge < -0.3 is 9.67 Å². The van der Waals surface area contributed by atoms with Crippen molar-refractivity contribution in [2.24, 2.45) is 12.5 Å². The standard InChI is InChI=1S/C11H18N2O2S/c1-11(2,9(14)15)5-4-8-16-10-12-6-7-13(10)3/h6-7H,4-5,8H2,1-3H3,(H,14,15). The van der Waals surface area contributed by atoms with Crippen molar-refractivity contribution < 1.29 is 9.90 Å². The van der Waals surface area contributed by atoms with Crippen molar-refractivity contribution in [3.8, 4) is 0 Å². The molecule has 0 amide bonds. The van der Waals surface area contributed by atoms with Crippen molar-refractivity contribution in [3.05, 3.63) is 12.4 Å². The lowest BCUT2D eigenvalue weighted by molar-refractivity contribution is -0.147. The number of aryl methyl sites for hydroxylation is 1. The van der Waals surface area contributed by atoms with E-state index in [2.05, 4.69) is 4.98 Å². The van der Waals surface area contributed by atoms with E-state index >= 15 is 0 Å². The van der Waals surface area contributed by atoms with E-state index < -0.39 is 11.4 Å². The van der Waals surface area contributed by atoms with E-state index in [9.17, 15) is 4.79 Å². The Bertz CT molecular complexity index is 361. The fourth-order valence-corrected chi connectivity index (χ4v) is 2.15. The summed E-state index contributed by atoms with van der Waals surface area (Å²) >= 11 is 1.67. The molecule has 16 heavy (non-hydrogen) atoms. The van der Waals surface area contributed by atoms with Gasteiger partial charge in [-0.1, -0.05) is 11.8 Å². The smallest absolute Gasteiger partial charge is 0.309 e. The van der Waals surface area contributed by atoms with E-state index in [0.717, 1.165) is 17.3 Å².